The van der Waals surface area contributed by atoms with Gasteiger partial charge in [0.05, 0.1) is 12.0 Å². The average Bonchev–Trinajstić information content (AvgIpc) is 3.07. The lowest BCUT2D eigenvalue weighted by molar-refractivity contribution is -0.144. The fraction of sp³-hybridized carbons (Fsp3) is 0.765. The fourth-order valence-corrected chi connectivity index (χ4v) is 3.80. The summed E-state index contributed by atoms with van der Waals surface area (Å²) in [5.41, 5.74) is 4.84. The summed E-state index contributed by atoms with van der Waals surface area (Å²) in [6, 6.07) is -1.88. The van der Waals surface area contributed by atoms with Gasteiger partial charge in [-0.15, -0.1) is 0 Å². The highest BCUT2D eigenvalue weighted by Crippen LogP contribution is 2.40. The highest BCUT2D eigenvalue weighted by Gasteiger charge is 2.46. The van der Waals surface area contributed by atoms with E-state index in [1.807, 2.05) is 13.8 Å². The second-order valence-corrected chi connectivity index (χ2v) is 7.78. The number of aliphatic hydroxyl groups is 1. The summed E-state index contributed by atoms with van der Waals surface area (Å²) in [5.74, 6) is -2.07. The number of Topliss-reactive ketones (excluding diaryl/α,β-unsaturated/α-hetero) is 1. The third kappa shape index (κ3) is 4.00. The molecule has 8 nitrogen and oxygen atoms in total. The van der Waals surface area contributed by atoms with E-state index in [-0.39, 0.29) is 12.2 Å². The third-order valence-electron chi connectivity index (χ3n) is 5.25. The van der Waals surface area contributed by atoms with Gasteiger partial charge in [0.2, 0.25) is 17.7 Å². The SMILES string of the molecule is CC(O)[C@H](NC(=O)C1CC(=O)CC1(C)C)C(=O)N1CCC[C@H]1C(N)=O. The fourth-order valence-electron chi connectivity index (χ4n) is 3.80. The molecule has 1 aliphatic heterocycles. The normalized spacial score (nSPS) is 27.8. The molecule has 1 aliphatic carbocycles. The molecule has 8 heteroatoms. The van der Waals surface area contributed by atoms with Crippen molar-refractivity contribution in [3.05, 3.63) is 0 Å². The molecule has 0 radical (unpaired) electrons. The van der Waals surface area contributed by atoms with Crippen LogP contribution in [0.25, 0.3) is 0 Å². The Balaban J connectivity index is 2.13. The van der Waals surface area contributed by atoms with Gasteiger partial charge in [-0.2, -0.15) is 0 Å². The monoisotopic (exact) mass is 353 g/mol. The molecule has 0 aromatic heterocycles. The molecule has 0 aromatic carbocycles. The summed E-state index contributed by atoms with van der Waals surface area (Å²) in [5, 5.41) is 12.6. The van der Waals surface area contributed by atoms with Crippen LogP contribution in [0.2, 0.25) is 0 Å². The number of nitrogens with two attached hydrogens (primary N) is 1. The van der Waals surface area contributed by atoms with E-state index in [9.17, 15) is 24.3 Å². The lowest BCUT2D eigenvalue weighted by atomic mass is 9.81. The standard InChI is InChI=1S/C17H27N3O5/c1-9(21)13(16(25)20-6-4-5-12(20)14(18)23)19-15(24)11-7-10(22)8-17(11,2)3/h9,11-13,21H,4-8H2,1-3H3,(H2,18,23)(H,19,24)/t9?,11?,12-,13-/m0/s1. The predicted octanol–water partition coefficient (Wildman–Crippen LogP) is -0.666. The van der Waals surface area contributed by atoms with Crippen molar-refractivity contribution in [2.75, 3.05) is 6.54 Å². The largest absolute Gasteiger partial charge is 0.391 e. The number of aliphatic hydroxyl groups excluding tert-OH is 1. The van der Waals surface area contributed by atoms with Crippen LogP contribution < -0.4 is 11.1 Å². The van der Waals surface area contributed by atoms with E-state index in [1.165, 1.54) is 11.8 Å². The first-order valence-corrected chi connectivity index (χ1v) is 8.64. The molecule has 2 rings (SSSR count). The maximum Gasteiger partial charge on any atom is 0.248 e. The molecule has 2 unspecified atom stereocenters. The summed E-state index contributed by atoms with van der Waals surface area (Å²) in [7, 11) is 0. The van der Waals surface area contributed by atoms with Gasteiger partial charge in [0, 0.05) is 19.4 Å². The van der Waals surface area contributed by atoms with E-state index >= 15 is 0 Å². The molecule has 1 saturated heterocycles. The van der Waals surface area contributed by atoms with Crippen molar-refractivity contribution in [1.82, 2.24) is 10.2 Å². The van der Waals surface area contributed by atoms with Gasteiger partial charge in [-0.25, -0.2) is 0 Å². The topological polar surface area (TPSA) is 130 Å². The molecule has 0 spiro atoms. The summed E-state index contributed by atoms with van der Waals surface area (Å²) >= 11 is 0. The van der Waals surface area contributed by atoms with Crippen molar-refractivity contribution in [2.24, 2.45) is 17.1 Å². The second kappa shape index (κ2) is 7.11. The molecule has 2 aliphatic rings. The van der Waals surface area contributed by atoms with Crippen molar-refractivity contribution in [1.29, 1.82) is 0 Å². The predicted molar refractivity (Wildman–Crippen MR) is 89.1 cm³/mol. The van der Waals surface area contributed by atoms with Crippen molar-refractivity contribution in [3.8, 4) is 0 Å². The zero-order chi connectivity index (χ0) is 18.9. The van der Waals surface area contributed by atoms with E-state index < -0.39 is 47.2 Å². The highest BCUT2D eigenvalue weighted by molar-refractivity contribution is 5.95. The van der Waals surface area contributed by atoms with Crippen LogP contribution in [-0.4, -0.2) is 58.2 Å². The minimum Gasteiger partial charge on any atom is -0.391 e. The summed E-state index contributed by atoms with van der Waals surface area (Å²) in [4.78, 5) is 49.9. The van der Waals surface area contributed by atoms with Crippen molar-refractivity contribution in [3.63, 3.8) is 0 Å². The van der Waals surface area contributed by atoms with Gasteiger partial charge in [0.15, 0.2) is 0 Å². The Bertz CT molecular complexity index is 587. The lowest BCUT2D eigenvalue weighted by Crippen LogP contribution is -2.57. The molecule has 2 fully saturated rings. The van der Waals surface area contributed by atoms with Crippen molar-refractivity contribution < 1.29 is 24.3 Å². The van der Waals surface area contributed by atoms with E-state index in [1.54, 1.807) is 0 Å². The van der Waals surface area contributed by atoms with Crippen LogP contribution in [-0.2, 0) is 19.2 Å². The van der Waals surface area contributed by atoms with Crippen LogP contribution in [0.1, 0.15) is 46.5 Å². The molecule has 1 heterocycles. The summed E-state index contributed by atoms with van der Waals surface area (Å²) in [6.45, 7) is 5.44. The maximum absolute atomic E-state index is 12.8. The number of rotatable bonds is 5. The molecule has 4 N–H and O–H groups in total. The molecule has 140 valence electrons. The van der Waals surface area contributed by atoms with Crippen LogP contribution >= 0.6 is 0 Å². The number of ketones is 1. The van der Waals surface area contributed by atoms with Crippen LogP contribution in [0.5, 0.6) is 0 Å². The first kappa shape index (κ1) is 19.4. The zero-order valence-corrected chi connectivity index (χ0v) is 14.9. The van der Waals surface area contributed by atoms with E-state index in [0.29, 0.717) is 25.8 Å². The van der Waals surface area contributed by atoms with Gasteiger partial charge in [-0.3, -0.25) is 19.2 Å². The van der Waals surface area contributed by atoms with Gasteiger partial charge in [-0.05, 0) is 25.2 Å². The summed E-state index contributed by atoms with van der Waals surface area (Å²) < 4.78 is 0. The Hall–Kier alpha value is -1.96. The molecular weight excluding hydrogens is 326 g/mol. The molecule has 4 atom stereocenters. The number of primary amides is 1. The maximum atomic E-state index is 12.8. The van der Waals surface area contributed by atoms with Crippen LogP contribution in [0, 0.1) is 11.3 Å². The third-order valence-corrected chi connectivity index (χ3v) is 5.25. The Kier molecular flexibility index (Phi) is 5.51. The Morgan fingerprint density at radius 2 is 2.00 bits per heavy atom. The van der Waals surface area contributed by atoms with Crippen molar-refractivity contribution in [2.45, 2.75) is 64.6 Å². The number of carbonyl (C=O) groups excluding carboxylic acids is 4. The molecule has 25 heavy (non-hydrogen) atoms. The van der Waals surface area contributed by atoms with Gasteiger partial charge in [-0.1, -0.05) is 13.8 Å². The Morgan fingerprint density at radius 3 is 2.48 bits per heavy atom. The number of likely N-dealkylation sites (tertiary alicyclic amines) is 1. The smallest absolute Gasteiger partial charge is 0.248 e. The van der Waals surface area contributed by atoms with E-state index in [0.717, 1.165) is 0 Å². The van der Waals surface area contributed by atoms with Gasteiger partial charge in [0.1, 0.15) is 17.9 Å². The average molecular weight is 353 g/mol. The number of hydrogen-bond acceptors (Lipinski definition) is 5. The number of nitrogens with zero attached hydrogens (tertiary/aromatic N) is 1. The minimum atomic E-state index is -1.17. The Morgan fingerprint density at radius 1 is 1.36 bits per heavy atom. The van der Waals surface area contributed by atoms with Crippen molar-refractivity contribution >= 4 is 23.5 Å². The lowest BCUT2D eigenvalue weighted by Gasteiger charge is -2.31. The number of nitrogens with one attached hydrogen (secondary N) is 1. The second-order valence-electron chi connectivity index (χ2n) is 7.78. The quantitative estimate of drug-likeness (QED) is 0.604. The Labute approximate surface area is 147 Å². The highest BCUT2D eigenvalue weighted by atomic mass is 16.3. The number of carbonyl (C=O) groups is 4. The van der Waals surface area contributed by atoms with Crippen LogP contribution in [0.4, 0.5) is 0 Å². The molecule has 0 aromatic rings. The number of hydrogen-bond donors (Lipinski definition) is 3. The zero-order valence-electron chi connectivity index (χ0n) is 14.9. The minimum absolute atomic E-state index is 0.0124. The van der Waals surface area contributed by atoms with E-state index in [2.05, 4.69) is 5.32 Å². The van der Waals surface area contributed by atoms with Gasteiger partial charge < -0.3 is 21.1 Å². The first-order valence-electron chi connectivity index (χ1n) is 8.64. The summed E-state index contributed by atoms with van der Waals surface area (Å²) in [6.07, 6.45) is 0.433. The molecule has 0 bridgehead atoms. The van der Waals surface area contributed by atoms with Gasteiger partial charge >= 0.3 is 0 Å². The van der Waals surface area contributed by atoms with Gasteiger partial charge in [0.25, 0.3) is 0 Å². The first-order chi connectivity index (χ1) is 11.5. The molecular formula is C17H27N3O5. The molecule has 3 amide bonds. The number of amides is 3. The van der Waals surface area contributed by atoms with Crippen LogP contribution in [0.3, 0.4) is 0 Å². The molecule has 1 saturated carbocycles. The van der Waals surface area contributed by atoms with Crippen LogP contribution in [0.15, 0.2) is 0 Å². The van der Waals surface area contributed by atoms with E-state index in [4.69, 9.17) is 5.73 Å².